The van der Waals surface area contributed by atoms with Gasteiger partial charge >= 0.3 is 17.9 Å². The second-order valence-corrected chi connectivity index (χ2v) is 16.0. The van der Waals surface area contributed by atoms with Gasteiger partial charge in [-0.3, -0.25) is 14.4 Å². The van der Waals surface area contributed by atoms with Gasteiger partial charge in [0.15, 0.2) is 6.10 Å². The van der Waals surface area contributed by atoms with E-state index in [1.54, 1.807) is 0 Å². The van der Waals surface area contributed by atoms with Crippen LogP contribution in [-0.4, -0.2) is 37.2 Å². The van der Waals surface area contributed by atoms with Crippen molar-refractivity contribution in [1.29, 1.82) is 0 Å². The smallest absolute Gasteiger partial charge is 0.306 e. The predicted octanol–water partition coefficient (Wildman–Crippen LogP) is 15.7. The van der Waals surface area contributed by atoms with Crippen molar-refractivity contribution in [2.24, 2.45) is 0 Å². The zero-order chi connectivity index (χ0) is 42.3. The summed E-state index contributed by atoms with van der Waals surface area (Å²) in [4.78, 5) is 37.8. The Kier molecular flexibility index (Phi) is 44.5. The monoisotopic (exact) mass is 811 g/mol. The number of esters is 3. The maximum atomic E-state index is 12.7. The van der Waals surface area contributed by atoms with Crippen LogP contribution in [0.2, 0.25) is 0 Å². The molecule has 6 nitrogen and oxygen atoms in total. The van der Waals surface area contributed by atoms with Crippen molar-refractivity contribution in [2.75, 3.05) is 13.2 Å². The average Bonchev–Trinajstić information content (AvgIpc) is 3.22. The Bertz CT molecular complexity index is 1070. The predicted molar refractivity (Wildman–Crippen MR) is 247 cm³/mol. The van der Waals surface area contributed by atoms with Crippen LogP contribution < -0.4 is 0 Å². The number of carbonyl (C=O) groups is 3. The molecule has 58 heavy (non-hydrogen) atoms. The third-order valence-electron chi connectivity index (χ3n) is 10.3. The molecule has 0 heterocycles. The van der Waals surface area contributed by atoms with Gasteiger partial charge in [0.2, 0.25) is 0 Å². The first-order valence-corrected chi connectivity index (χ1v) is 24.3. The fourth-order valence-corrected chi connectivity index (χ4v) is 6.58. The van der Waals surface area contributed by atoms with Crippen LogP contribution >= 0.6 is 0 Å². The fraction of sp³-hybridized carbons (Fsp3) is 0.750. The van der Waals surface area contributed by atoms with Gasteiger partial charge in [-0.2, -0.15) is 0 Å². The van der Waals surface area contributed by atoms with Gasteiger partial charge < -0.3 is 14.2 Å². The van der Waals surface area contributed by atoms with E-state index in [9.17, 15) is 14.4 Å². The number of hydrogen-bond donors (Lipinski definition) is 0. The third kappa shape index (κ3) is 44.2. The molecule has 0 aliphatic rings. The van der Waals surface area contributed by atoms with Crippen LogP contribution in [0.1, 0.15) is 233 Å². The summed E-state index contributed by atoms with van der Waals surface area (Å²) < 4.78 is 16.7. The standard InChI is InChI=1S/C52H90O6/c1-4-7-10-13-16-19-22-25-26-28-30-33-36-39-42-45-51(54)57-48-49(47-56-50(53)44-41-38-35-32-29-24-21-18-15-12-9-6-3)58-52(55)46-43-40-37-34-31-27-23-20-17-14-11-8-5-2/h9,12,16,18-19,21-22,25,27,31,49H,4-8,10-11,13-15,17,20,23-24,26,28-30,32-48H2,1-3H3/b12-9-,19-16-,21-18-,25-22-,31-27-. The summed E-state index contributed by atoms with van der Waals surface area (Å²) in [6.07, 6.45) is 56.3. The maximum absolute atomic E-state index is 12.7. The average molecular weight is 811 g/mol. The first-order valence-electron chi connectivity index (χ1n) is 24.3. The fourth-order valence-electron chi connectivity index (χ4n) is 6.58. The van der Waals surface area contributed by atoms with Crippen LogP contribution in [-0.2, 0) is 28.6 Å². The summed E-state index contributed by atoms with van der Waals surface area (Å²) in [6.45, 7) is 6.45. The molecule has 0 N–H and O–H groups in total. The van der Waals surface area contributed by atoms with E-state index in [2.05, 4.69) is 81.5 Å². The minimum atomic E-state index is -0.790. The molecule has 0 saturated heterocycles. The zero-order valence-electron chi connectivity index (χ0n) is 38.0. The SMILES string of the molecule is CC/C=C\C/C=C\CCCCCCCC(=O)OCC(COC(=O)CCCCCCCC/C=C\C=C/CCCCC)OC(=O)CCCCC/C=C\CCCCCCCC. The first-order chi connectivity index (χ1) is 28.5. The van der Waals surface area contributed by atoms with Gasteiger partial charge in [0.25, 0.3) is 0 Å². The normalized spacial score (nSPS) is 12.5. The van der Waals surface area contributed by atoms with Gasteiger partial charge in [-0.05, 0) is 96.3 Å². The lowest BCUT2D eigenvalue weighted by Crippen LogP contribution is -2.30. The Morgan fingerprint density at radius 2 is 0.724 bits per heavy atom. The first kappa shape index (κ1) is 55.1. The number of unbranched alkanes of at least 4 members (excludes halogenated alkanes) is 23. The van der Waals surface area contributed by atoms with Gasteiger partial charge in [-0.15, -0.1) is 0 Å². The Morgan fingerprint density at radius 1 is 0.379 bits per heavy atom. The molecular weight excluding hydrogens is 721 g/mol. The van der Waals surface area contributed by atoms with E-state index in [-0.39, 0.29) is 31.1 Å². The van der Waals surface area contributed by atoms with Crippen molar-refractivity contribution >= 4 is 17.9 Å². The molecule has 0 bridgehead atoms. The summed E-state index contributed by atoms with van der Waals surface area (Å²) >= 11 is 0. The Balaban J connectivity index is 4.43. The van der Waals surface area contributed by atoms with Crippen molar-refractivity contribution in [3.05, 3.63) is 60.8 Å². The zero-order valence-corrected chi connectivity index (χ0v) is 38.0. The minimum absolute atomic E-state index is 0.0912. The van der Waals surface area contributed by atoms with Crippen molar-refractivity contribution < 1.29 is 28.6 Å². The highest BCUT2D eigenvalue weighted by atomic mass is 16.6. The number of allylic oxidation sites excluding steroid dienone is 10. The van der Waals surface area contributed by atoms with E-state index in [0.717, 1.165) is 109 Å². The van der Waals surface area contributed by atoms with Crippen LogP contribution in [0.25, 0.3) is 0 Å². The molecule has 0 aromatic carbocycles. The molecule has 0 radical (unpaired) electrons. The molecule has 0 saturated carbocycles. The van der Waals surface area contributed by atoms with Crippen molar-refractivity contribution in [3.63, 3.8) is 0 Å². The van der Waals surface area contributed by atoms with E-state index >= 15 is 0 Å². The number of rotatable bonds is 43. The molecule has 0 aliphatic carbocycles. The lowest BCUT2D eigenvalue weighted by molar-refractivity contribution is -0.167. The van der Waals surface area contributed by atoms with Crippen molar-refractivity contribution in [1.82, 2.24) is 0 Å². The van der Waals surface area contributed by atoms with Crippen molar-refractivity contribution in [3.8, 4) is 0 Å². The van der Waals surface area contributed by atoms with E-state index in [4.69, 9.17) is 14.2 Å². The molecule has 0 amide bonds. The second-order valence-electron chi connectivity index (χ2n) is 16.0. The summed E-state index contributed by atoms with van der Waals surface area (Å²) in [5.41, 5.74) is 0. The summed E-state index contributed by atoms with van der Waals surface area (Å²) in [7, 11) is 0. The summed E-state index contributed by atoms with van der Waals surface area (Å²) in [5, 5.41) is 0. The van der Waals surface area contributed by atoms with Gasteiger partial charge in [0, 0.05) is 19.3 Å². The van der Waals surface area contributed by atoms with Crippen molar-refractivity contribution in [2.45, 2.75) is 239 Å². The molecule has 0 fully saturated rings. The molecule has 334 valence electrons. The maximum Gasteiger partial charge on any atom is 0.306 e. The molecule has 0 spiro atoms. The minimum Gasteiger partial charge on any atom is -0.462 e. The van der Waals surface area contributed by atoms with Gasteiger partial charge in [0.05, 0.1) is 0 Å². The van der Waals surface area contributed by atoms with E-state index in [1.165, 1.54) is 83.5 Å². The summed E-state index contributed by atoms with van der Waals surface area (Å²) in [5.74, 6) is -0.934. The Labute approximate surface area is 358 Å². The van der Waals surface area contributed by atoms with Crippen LogP contribution in [0.5, 0.6) is 0 Å². The van der Waals surface area contributed by atoms with Gasteiger partial charge in [-0.1, -0.05) is 178 Å². The number of hydrogen-bond acceptors (Lipinski definition) is 6. The van der Waals surface area contributed by atoms with Crippen LogP contribution in [0.3, 0.4) is 0 Å². The van der Waals surface area contributed by atoms with E-state index < -0.39 is 6.10 Å². The number of ether oxygens (including phenoxy) is 3. The molecule has 6 heteroatoms. The van der Waals surface area contributed by atoms with Gasteiger partial charge in [-0.25, -0.2) is 0 Å². The van der Waals surface area contributed by atoms with E-state index in [0.29, 0.717) is 19.3 Å². The highest BCUT2D eigenvalue weighted by molar-refractivity contribution is 5.71. The summed E-state index contributed by atoms with van der Waals surface area (Å²) in [6, 6.07) is 0. The molecule has 0 aromatic rings. The van der Waals surface area contributed by atoms with Crippen LogP contribution in [0, 0.1) is 0 Å². The Hall–Kier alpha value is -2.89. The quantitative estimate of drug-likeness (QED) is 0.0201. The molecular formula is C52H90O6. The molecule has 1 atom stereocenters. The highest BCUT2D eigenvalue weighted by Gasteiger charge is 2.19. The highest BCUT2D eigenvalue weighted by Crippen LogP contribution is 2.13. The molecule has 0 rings (SSSR count). The van der Waals surface area contributed by atoms with Crippen LogP contribution in [0.15, 0.2) is 60.8 Å². The second kappa shape index (κ2) is 46.8. The topological polar surface area (TPSA) is 78.9 Å². The Morgan fingerprint density at radius 3 is 1.21 bits per heavy atom. The molecule has 0 aliphatic heterocycles. The largest absolute Gasteiger partial charge is 0.462 e. The third-order valence-corrected chi connectivity index (χ3v) is 10.3. The lowest BCUT2D eigenvalue weighted by atomic mass is 10.1. The van der Waals surface area contributed by atoms with E-state index in [1.807, 2.05) is 0 Å². The number of carbonyl (C=O) groups excluding carboxylic acids is 3. The molecule has 0 aromatic heterocycles. The van der Waals surface area contributed by atoms with Crippen LogP contribution in [0.4, 0.5) is 0 Å². The lowest BCUT2D eigenvalue weighted by Gasteiger charge is -2.18. The van der Waals surface area contributed by atoms with Gasteiger partial charge in [0.1, 0.15) is 13.2 Å². The molecule has 1 unspecified atom stereocenters.